The van der Waals surface area contributed by atoms with Crippen molar-refractivity contribution in [2.45, 2.75) is 32.2 Å². The number of ether oxygens (including phenoxy) is 1. The molecule has 7 heteroatoms. The molecule has 1 unspecified atom stereocenters. The molecule has 4 rings (SSSR count). The van der Waals surface area contributed by atoms with Gasteiger partial charge in [-0.3, -0.25) is 9.69 Å². The number of carbonyl (C=O) groups excluding carboxylic acids is 1. The third-order valence-corrected chi connectivity index (χ3v) is 5.93. The van der Waals surface area contributed by atoms with Gasteiger partial charge in [0.1, 0.15) is 11.6 Å². The topological polar surface area (TPSA) is 70.2 Å². The number of rotatable bonds is 7. The monoisotopic (exact) mass is 426 g/mol. The Morgan fingerprint density at radius 2 is 2.20 bits per heavy atom. The van der Waals surface area contributed by atoms with E-state index in [2.05, 4.69) is 21.3 Å². The molecule has 2 aromatic carbocycles. The summed E-state index contributed by atoms with van der Waals surface area (Å²) in [6.07, 6.45) is 3.71. The summed E-state index contributed by atoms with van der Waals surface area (Å²) in [5.41, 5.74) is 2.79. The van der Waals surface area contributed by atoms with Crippen molar-refractivity contribution in [3.63, 3.8) is 0 Å². The number of imidazole rings is 1. The van der Waals surface area contributed by atoms with Crippen LogP contribution in [0.4, 0.5) is 5.69 Å². The van der Waals surface area contributed by atoms with E-state index in [-0.39, 0.29) is 5.91 Å². The number of nitrogens with zero attached hydrogens (tertiary/aromatic N) is 2. The lowest BCUT2D eigenvalue weighted by atomic mass is 9.93. The molecule has 0 spiro atoms. The number of hydrogen-bond acceptors (Lipinski definition) is 4. The van der Waals surface area contributed by atoms with Crippen molar-refractivity contribution in [3.8, 4) is 5.75 Å². The lowest BCUT2D eigenvalue weighted by Gasteiger charge is -2.32. The van der Waals surface area contributed by atoms with Gasteiger partial charge in [0, 0.05) is 18.7 Å². The standard InChI is InChI=1S/C23H27ClN4O2/c1-30-21-10-9-17(13-18(21)24)25-23(29)11-8-16-5-4-12-28(14-16)15-22-26-19-6-2-3-7-20(19)27-22/h2-3,6-7,9-10,13,16H,4-5,8,11-12,14-15H2,1H3,(H,25,29)(H,26,27). The van der Waals surface area contributed by atoms with Crippen molar-refractivity contribution in [3.05, 3.63) is 53.3 Å². The van der Waals surface area contributed by atoms with Crippen LogP contribution >= 0.6 is 11.6 Å². The van der Waals surface area contributed by atoms with E-state index in [1.54, 1.807) is 25.3 Å². The van der Waals surface area contributed by atoms with Crippen LogP contribution in [0.5, 0.6) is 5.75 Å². The quantitative estimate of drug-likeness (QED) is 0.566. The Bertz CT molecular complexity index is 986. The van der Waals surface area contributed by atoms with Gasteiger partial charge in [-0.1, -0.05) is 23.7 Å². The molecule has 3 aromatic rings. The van der Waals surface area contributed by atoms with Crippen molar-refractivity contribution < 1.29 is 9.53 Å². The molecule has 1 aliphatic rings. The third-order valence-electron chi connectivity index (χ3n) is 5.63. The van der Waals surface area contributed by atoms with Gasteiger partial charge in [-0.25, -0.2) is 4.98 Å². The van der Waals surface area contributed by atoms with Crippen LogP contribution < -0.4 is 10.1 Å². The third kappa shape index (κ3) is 5.12. The van der Waals surface area contributed by atoms with Crippen LogP contribution in [-0.4, -0.2) is 41.0 Å². The van der Waals surface area contributed by atoms with Gasteiger partial charge in [0.05, 0.1) is 29.7 Å². The van der Waals surface area contributed by atoms with Gasteiger partial charge >= 0.3 is 0 Å². The molecule has 1 aromatic heterocycles. The number of anilines is 1. The average Bonchev–Trinajstić information content (AvgIpc) is 3.15. The van der Waals surface area contributed by atoms with E-state index in [0.717, 1.165) is 55.8 Å². The first-order chi connectivity index (χ1) is 14.6. The van der Waals surface area contributed by atoms with Crippen LogP contribution in [0, 0.1) is 5.92 Å². The average molecular weight is 427 g/mol. The molecule has 1 atom stereocenters. The first-order valence-corrected chi connectivity index (χ1v) is 10.8. The fourth-order valence-corrected chi connectivity index (χ4v) is 4.38. The van der Waals surface area contributed by atoms with Gasteiger partial charge in [-0.05, 0) is 62.1 Å². The summed E-state index contributed by atoms with van der Waals surface area (Å²) in [6.45, 7) is 2.89. The predicted molar refractivity (Wildman–Crippen MR) is 120 cm³/mol. The number of amides is 1. The minimum atomic E-state index is 0.0191. The number of para-hydroxylation sites is 2. The van der Waals surface area contributed by atoms with Gasteiger partial charge < -0.3 is 15.0 Å². The highest BCUT2D eigenvalue weighted by Crippen LogP contribution is 2.28. The van der Waals surface area contributed by atoms with Crippen LogP contribution in [0.15, 0.2) is 42.5 Å². The second-order valence-electron chi connectivity index (χ2n) is 7.88. The second-order valence-corrected chi connectivity index (χ2v) is 8.29. The summed E-state index contributed by atoms with van der Waals surface area (Å²) in [7, 11) is 1.57. The highest BCUT2D eigenvalue weighted by Gasteiger charge is 2.21. The fourth-order valence-electron chi connectivity index (χ4n) is 4.13. The maximum atomic E-state index is 12.4. The summed E-state index contributed by atoms with van der Waals surface area (Å²) in [4.78, 5) is 22.9. The maximum Gasteiger partial charge on any atom is 0.224 e. The Hall–Kier alpha value is -2.57. The number of aromatic nitrogens is 2. The molecule has 1 saturated heterocycles. The van der Waals surface area contributed by atoms with E-state index >= 15 is 0 Å². The summed E-state index contributed by atoms with van der Waals surface area (Å²) in [6, 6.07) is 13.4. The summed E-state index contributed by atoms with van der Waals surface area (Å²) in [5, 5.41) is 3.42. The Morgan fingerprint density at radius 3 is 3.00 bits per heavy atom. The number of H-pyrrole nitrogens is 1. The SMILES string of the molecule is COc1ccc(NC(=O)CCC2CCCN(Cc3nc4ccccc4[nH]3)C2)cc1Cl. The van der Waals surface area contributed by atoms with Gasteiger partial charge in [0.2, 0.25) is 5.91 Å². The number of piperidine rings is 1. The molecule has 6 nitrogen and oxygen atoms in total. The number of methoxy groups -OCH3 is 1. The van der Waals surface area contributed by atoms with Crippen molar-refractivity contribution in [2.75, 3.05) is 25.5 Å². The number of aromatic amines is 1. The molecule has 1 aliphatic heterocycles. The van der Waals surface area contributed by atoms with Gasteiger partial charge in [0.25, 0.3) is 0 Å². The lowest BCUT2D eigenvalue weighted by molar-refractivity contribution is -0.116. The van der Waals surface area contributed by atoms with Crippen molar-refractivity contribution in [1.29, 1.82) is 0 Å². The lowest BCUT2D eigenvalue weighted by Crippen LogP contribution is -2.35. The zero-order valence-corrected chi connectivity index (χ0v) is 17.9. The first-order valence-electron chi connectivity index (χ1n) is 10.4. The molecular weight excluding hydrogens is 400 g/mol. The van der Waals surface area contributed by atoms with E-state index < -0.39 is 0 Å². The number of halogens is 1. The minimum absolute atomic E-state index is 0.0191. The minimum Gasteiger partial charge on any atom is -0.495 e. The second kappa shape index (κ2) is 9.49. The number of fused-ring (bicyclic) bond motifs is 1. The van der Waals surface area contributed by atoms with Crippen LogP contribution in [0.25, 0.3) is 11.0 Å². The predicted octanol–water partition coefficient (Wildman–Crippen LogP) is 4.86. The van der Waals surface area contributed by atoms with Crippen molar-refractivity contribution in [1.82, 2.24) is 14.9 Å². The maximum absolute atomic E-state index is 12.4. The number of nitrogens with one attached hydrogen (secondary N) is 2. The molecule has 0 aliphatic carbocycles. The van der Waals surface area contributed by atoms with Crippen molar-refractivity contribution >= 4 is 34.2 Å². The number of likely N-dealkylation sites (tertiary alicyclic amines) is 1. The molecule has 158 valence electrons. The highest BCUT2D eigenvalue weighted by atomic mass is 35.5. The largest absolute Gasteiger partial charge is 0.495 e. The summed E-state index contributed by atoms with van der Waals surface area (Å²) >= 11 is 6.13. The number of hydrogen-bond donors (Lipinski definition) is 2. The van der Waals surface area contributed by atoms with Crippen LogP contribution in [0.1, 0.15) is 31.5 Å². The molecule has 0 saturated carbocycles. The Morgan fingerprint density at radius 1 is 1.33 bits per heavy atom. The molecule has 0 radical (unpaired) electrons. The van der Waals surface area contributed by atoms with E-state index in [0.29, 0.717) is 28.8 Å². The molecule has 1 fully saturated rings. The normalized spacial score (nSPS) is 17.2. The highest BCUT2D eigenvalue weighted by molar-refractivity contribution is 6.32. The summed E-state index contributed by atoms with van der Waals surface area (Å²) in [5.74, 6) is 2.14. The Labute approximate surface area is 181 Å². The summed E-state index contributed by atoms with van der Waals surface area (Å²) < 4.78 is 5.15. The number of benzene rings is 2. The molecule has 2 heterocycles. The molecule has 2 N–H and O–H groups in total. The molecular formula is C23H27ClN4O2. The first kappa shape index (κ1) is 20.7. The van der Waals surface area contributed by atoms with E-state index in [1.165, 1.54) is 0 Å². The molecule has 0 bridgehead atoms. The zero-order valence-electron chi connectivity index (χ0n) is 17.2. The molecule has 30 heavy (non-hydrogen) atoms. The van der Waals surface area contributed by atoms with Gasteiger partial charge in [-0.2, -0.15) is 0 Å². The van der Waals surface area contributed by atoms with Crippen LogP contribution in [0.2, 0.25) is 5.02 Å². The Balaban J connectivity index is 1.26. The number of carbonyl (C=O) groups is 1. The van der Waals surface area contributed by atoms with Gasteiger partial charge in [-0.15, -0.1) is 0 Å². The van der Waals surface area contributed by atoms with Crippen LogP contribution in [0.3, 0.4) is 0 Å². The van der Waals surface area contributed by atoms with E-state index in [1.807, 2.05) is 18.2 Å². The Kier molecular flexibility index (Phi) is 6.55. The smallest absolute Gasteiger partial charge is 0.224 e. The van der Waals surface area contributed by atoms with Crippen molar-refractivity contribution in [2.24, 2.45) is 5.92 Å². The van der Waals surface area contributed by atoms with Gasteiger partial charge in [0.15, 0.2) is 0 Å². The fraction of sp³-hybridized carbons (Fsp3) is 0.391. The zero-order chi connectivity index (χ0) is 20.9. The van der Waals surface area contributed by atoms with Crippen LogP contribution in [-0.2, 0) is 11.3 Å². The molecule has 1 amide bonds. The van der Waals surface area contributed by atoms with E-state index in [4.69, 9.17) is 21.3 Å². The van der Waals surface area contributed by atoms with E-state index in [9.17, 15) is 4.79 Å².